The van der Waals surface area contributed by atoms with Crippen LogP contribution in [0.1, 0.15) is 16.7 Å². The number of hydrogen-bond acceptors (Lipinski definition) is 2. The number of benzene rings is 2. The molecule has 25 heavy (non-hydrogen) atoms. The van der Waals surface area contributed by atoms with Crippen molar-refractivity contribution in [3.63, 3.8) is 0 Å². The summed E-state index contributed by atoms with van der Waals surface area (Å²) in [5.74, 6) is 0.997. The number of aryl methyl sites for hydroxylation is 3. The van der Waals surface area contributed by atoms with Crippen LogP contribution in [0.15, 0.2) is 66.9 Å². The van der Waals surface area contributed by atoms with E-state index in [-0.39, 0.29) is 0 Å². The summed E-state index contributed by atoms with van der Waals surface area (Å²) in [7, 11) is 0. The molecule has 124 valence electrons. The summed E-state index contributed by atoms with van der Waals surface area (Å²) < 4.78 is 2.14. The van der Waals surface area contributed by atoms with Gasteiger partial charge in [-0.1, -0.05) is 54.1 Å². The Morgan fingerprint density at radius 1 is 0.800 bits per heavy atom. The van der Waals surface area contributed by atoms with Gasteiger partial charge in [0.15, 0.2) is 0 Å². The van der Waals surface area contributed by atoms with E-state index in [1.807, 2.05) is 0 Å². The number of rotatable bonds is 3. The maximum Gasteiger partial charge on any atom is 0.143 e. The fraction of sp³-hybridized carbons (Fsp3) is 0.136. The first-order valence-electron chi connectivity index (χ1n) is 8.51. The Morgan fingerprint density at radius 2 is 1.52 bits per heavy atom. The van der Waals surface area contributed by atoms with Crippen molar-refractivity contribution in [2.24, 2.45) is 0 Å². The number of imidazole rings is 1. The number of fused-ring (bicyclic) bond motifs is 1. The van der Waals surface area contributed by atoms with Crippen LogP contribution < -0.4 is 5.32 Å². The fourth-order valence-corrected chi connectivity index (χ4v) is 3.08. The van der Waals surface area contributed by atoms with E-state index >= 15 is 0 Å². The van der Waals surface area contributed by atoms with Crippen LogP contribution in [0.25, 0.3) is 16.9 Å². The maximum atomic E-state index is 4.94. The molecular formula is C22H21N3. The van der Waals surface area contributed by atoms with Gasteiger partial charge in [0.05, 0.1) is 0 Å². The SMILES string of the molecule is Cc1ccc(-c2nc3c(C)cccn3c2Nc2ccccc2C)cc1. The number of para-hydroxylation sites is 1. The van der Waals surface area contributed by atoms with Gasteiger partial charge in [-0.25, -0.2) is 4.98 Å². The van der Waals surface area contributed by atoms with Crippen LogP contribution in [0, 0.1) is 20.8 Å². The molecule has 0 unspecified atom stereocenters. The van der Waals surface area contributed by atoms with Crippen LogP contribution in [0.3, 0.4) is 0 Å². The molecule has 0 atom stereocenters. The molecule has 2 aromatic heterocycles. The molecule has 0 amide bonds. The predicted octanol–water partition coefficient (Wildman–Crippen LogP) is 5.67. The van der Waals surface area contributed by atoms with Crippen LogP contribution in [0.2, 0.25) is 0 Å². The second kappa shape index (κ2) is 6.10. The van der Waals surface area contributed by atoms with E-state index in [0.29, 0.717) is 0 Å². The van der Waals surface area contributed by atoms with E-state index in [0.717, 1.165) is 34.0 Å². The zero-order chi connectivity index (χ0) is 17.4. The number of anilines is 2. The quantitative estimate of drug-likeness (QED) is 0.525. The number of aromatic nitrogens is 2. The first kappa shape index (κ1) is 15.5. The Hall–Kier alpha value is -3.07. The Morgan fingerprint density at radius 3 is 2.28 bits per heavy atom. The van der Waals surface area contributed by atoms with Gasteiger partial charge < -0.3 is 5.32 Å². The number of nitrogens with zero attached hydrogens (tertiary/aromatic N) is 2. The lowest BCUT2D eigenvalue weighted by Gasteiger charge is -2.11. The van der Waals surface area contributed by atoms with Crippen LogP contribution >= 0.6 is 0 Å². The van der Waals surface area contributed by atoms with E-state index in [9.17, 15) is 0 Å². The molecule has 1 N–H and O–H groups in total. The third kappa shape index (κ3) is 2.78. The van der Waals surface area contributed by atoms with Crippen molar-refractivity contribution in [1.82, 2.24) is 9.38 Å². The van der Waals surface area contributed by atoms with Gasteiger partial charge in [-0.3, -0.25) is 4.40 Å². The van der Waals surface area contributed by atoms with Gasteiger partial charge in [-0.2, -0.15) is 0 Å². The van der Waals surface area contributed by atoms with Crippen molar-refractivity contribution in [1.29, 1.82) is 0 Å². The van der Waals surface area contributed by atoms with Crippen molar-refractivity contribution in [3.8, 4) is 11.3 Å². The number of hydrogen-bond donors (Lipinski definition) is 1. The average Bonchev–Trinajstić information content (AvgIpc) is 2.98. The van der Waals surface area contributed by atoms with Gasteiger partial charge in [0.2, 0.25) is 0 Å². The molecule has 4 rings (SSSR count). The van der Waals surface area contributed by atoms with E-state index in [4.69, 9.17) is 4.98 Å². The lowest BCUT2D eigenvalue weighted by Crippen LogP contribution is -1.98. The predicted molar refractivity (Wildman–Crippen MR) is 105 cm³/mol. The molecule has 0 aliphatic heterocycles. The van der Waals surface area contributed by atoms with Crippen molar-refractivity contribution in [3.05, 3.63) is 83.6 Å². The molecule has 0 radical (unpaired) electrons. The monoisotopic (exact) mass is 327 g/mol. The molecule has 0 aliphatic carbocycles. The van der Waals surface area contributed by atoms with Crippen LogP contribution in [0.4, 0.5) is 11.5 Å². The lowest BCUT2D eigenvalue weighted by molar-refractivity contribution is 1.16. The molecule has 0 bridgehead atoms. The van der Waals surface area contributed by atoms with Gasteiger partial charge in [0.25, 0.3) is 0 Å². The zero-order valence-corrected chi connectivity index (χ0v) is 14.7. The zero-order valence-electron chi connectivity index (χ0n) is 14.7. The smallest absolute Gasteiger partial charge is 0.143 e. The molecule has 2 aromatic carbocycles. The normalized spacial score (nSPS) is 11.0. The minimum atomic E-state index is 0.970. The van der Waals surface area contributed by atoms with Crippen LogP contribution in [0.5, 0.6) is 0 Å². The lowest BCUT2D eigenvalue weighted by atomic mass is 10.1. The first-order chi connectivity index (χ1) is 12.1. The van der Waals surface area contributed by atoms with E-state index in [1.165, 1.54) is 11.1 Å². The highest BCUT2D eigenvalue weighted by atomic mass is 15.1. The third-order valence-corrected chi connectivity index (χ3v) is 4.57. The standard InChI is InChI=1S/C22H21N3/c1-15-10-12-18(13-11-15)20-22(23-19-9-5-4-7-16(19)2)25-14-6-8-17(3)21(25)24-20/h4-14,23H,1-3H3. The van der Waals surface area contributed by atoms with Gasteiger partial charge in [-0.05, 0) is 44.0 Å². The van der Waals surface area contributed by atoms with Gasteiger partial charge in [-0.15, -0.1) is 0 Å². The third-order valence-electron chi connectivity index (χ3n) is 4.57. The van der Waals surface area contributed by atoms with Crippen molar-refractivity contribution < 1.29 is 0 Å². The minimum absolute atomic E-state index is 0.970. The molecule has 0 saturated heterocycles. The van der Waals surface area contributed by atoms with E-state index in [1.54, 1.807) is 0 Å². The molecule has 0 spiro atoms. The molecule has 4 aromatic rings. The highest BCUT2D eigenvalue weighted by molar-refractivity contribution is 5.81. The largest absolute Gasteiger partial charge is 0.339 e. The first-order valence-corrected chi connectivity index (χ1v) is 8.51. The van der Waals surface area contributed by atoms with Crippen LogP contribution in [-0.4, -0.2) is 9.38 Å². The second-order valence-corrected chi connectivity index (χ2v) is 6.50. The van der Waals surface area contributed by atoms with Gasteiger partial charge in [0, 0.05) is 17.4 Å². The summed E-state index contributed by atoms with van der Waals surface area (Å²) >= 11 is 0. The molecular weight excluding hydrogens is 306 g/mol. The molecule has 0 fully saturated rings. The number of nitrogens with one attached hydrogen (secondary N) is 1. The Bertz CT molecular complexity index is 1040. The summed E-state index contributed by atoms with van der Waals surface area (Å²) in [6.45, 7) is 6.31. The Balaban J connectivity index is 1.94. The highest BCUT2D eigenvalue weighted by Gasteiger charge is 2.16. The minimum Gasteiger partial charge on any atom is -0.339 e. The van der Waals surface area contributed by atoms with Gasteiger partial charge >= 0.3 is 0 Å². The van der Waals surface area contributed by atoms with Crippen molar-refractivity contribution in [2.75, 3.05) is 5.32 Å². The summed E-state index contributed by atoms with van der Waals surface area (Å²) in [5.41, 5.74) is 7.78. The summed E-state index contributed by atoms with van der Waals surface area (Å²) in [4.78, 5) is 4.94. The Kier molecular flexibility index (Phi) is 3.77. The second-order valence-electron chi connectivity index (χ2n) is 6.50. The molecule has 0 aliphatic rings. The molecule has 2 heterocycles. The fourth-order valence-electron chi connectivity index (χ4n) is 3.08. The summed E-state index contributed by atoms with van der Waals surface area (Å²) in [5, 5.41) is 3.60. The highest BCUT2D eigenvalue weighted by Crippen LogP contribution is 2.32. The summed E-state index contributed by atoms with van der Waals surface area (Å²) in [6.07, 6.45) is 2.06. The summed E-state index contributed by atoms with van der Waals surface area (Å²) in [6, 6.07) is 21.0. The van der Waals surface area contributed by atoms with Crippen LogP contribution in [-0.2, 0) is 0 Å². The topological polar surface area (TPSA) is 29.3 Å². The number of pyridine rings is 1. The molecule has 3 heteroatoms. The maximum absolute atomic E-state index is 4.94. The average molecular weight is 327 g/mol. The molecule has 0 saturated carbocycles. The van der Waals surface area contributed by atoms with E-state index < -0.39 is 0 Å². The molecule has 3 nitrogen and oxygen atoms in total. The Labute approximate surface area is 148 Å². The van der Waals surface area contributed by atoms with E-state index in [2.05, 4.69) is 97.3 Å². The van der Waals surface area contributed by atoms with Gasteiger partial charge in [0.1, 0.15) is 17.2 Å². The van der Waals surface area contributed by atoms with Crippen molar-refractivity contribution >= 4 is 17.2 Å². The van der Waals surface area contributed by atoms with Crippen molar-refractivity contribution in [2.45, 2.75) is 20.8 Å².